The van der Waals surface area contributed by atoms with Gasteiger partial charge in [0, 0.05) is 30.7 Å². The Morgan fingerprint density at radius 3 is 2.88 bits per heavy atom. The summed E-state index contributed by atoms with van der Waals surface area (Å²) in [6.07, 6.45) is 7.66. The summed E-state index contributed by atoms with van der Waals surface area (Å²) in [4.78, 5) is 16.4. The van der Waals surface area contributed by atoms with Crippen molar-refractivity contribution in [2.75, 3.05) is 5.32 Å². The fourth-order valence-electron chi connectivity index (χ4n) is 2.44. The lowest BCUT2D eigenvalue weighted by atomic mass is 10.2. The number of imidazole rings is 1. The maximum absolute atomic E-state index is 12.4. The molecule has 2 heterocycles. The zero-order valence-corrected chi connectivity index (χ0v) is 14.1. The Morgan fingerprint density at radius 2 is 2.20 bits per heavy atom. The molecule has 0 bridgehead atoms. The third-order valence-electron chi connectivity index (χ3n) is 3.90. The number of rotatable bonds is 6. The number of carbonyl (C=O) groups is 1. The van der Waals surface area contributed by atoms with Crippen LogP contribution in [-0.2, 0) is 6.54 Å². The van der Waals surface area contributed by atoms with E-state index >= 15 is 0 Å². The van der Waals surface area contributed by atoms with Gasteiger partial charge in [-0.05, 0) is 41.5 Å². The molecule has 0 aliphatic rings. The average molecular weight is 340 g/mol. The van der Waals surface area contributed by atoms with Crippen molar-refractivity contribution in [3.05, 3.63) is 48.8 Å². The quantitative estimate of drug-likeness (QED) is 0.712. The molecule has 0 fully saturated rings. The maximum atomic E-state index is 12.4. The predicted molar refractivity (Wildman–Crippen MR) is 92.4 cm³/mol. The number of benzene rings is 1. The number of hydrogen-bond acceptors (Lipinski definition) is 5. The fraction of sp³-hybridized carbons (Fsp3) is 0.312. The Kier molecular flexibility index (Phi) is 5.03. The lowest BCUT2D eigenvalue weighted by Gasteiger charge is -2.18. The zero-order chi connectivity index (χ0) is 17.6. The molecule has 0 aliphatic heterocycles. The highest BCUT2D eigenvalue weighted by molar-refractivity contribution is 5.90. The second-order valence-corrected chi connectivity index (χ2v) is 5.72. The molecule has 3 rings (SSSR count). The maximum Gasteiger partial charge on any atom is 0.319 e. The molecule has 1 aromatic carbocycles. The number of anilines is 1. The normalized spacial score (nSPS) is 11.9. The van der Waals surface area contributed by atoms with Gasteiger partial charge in [-0.15, -0.1) is 5.10 Å². The van der Waals surface area contributed by atoms with Gasteiger partial charge in [-0.3, -0.25) is 0 Å². The minimum atomic E-state index is -0.246. The second-order valence-electron chi connectivity index (χ2n) is 5.72. The summed E-state index contributed by atoms with van der Waals surface area (Å²) in [5, 5.41) is 17.0. The first-order chi connectivity index (χ1) is 12.2. The van der Waals surface area contributed by atoms with Crippen LogP contribution in [-0.4, -0.2) is 41.8 Å². The van der Waals surface area contributed by atoms with E-state index in [1.54, 1.807) is 12.5 Å². The first-order valence-corrected chi connectivity index (χ1v) is 8.03. The fourth-order valence-corrected chi connectivity index (χ4v) is 2.44. The van der Waals surface area contributed by atoms with Crippen LogP contribution in [0.25, 0.3) is 5.69 Å². The first-order valence-electron chi connectivity index (χ1n) is 8.03. The molecule has 9 nitrogen and oxygen atoms in total. The summed E-state index contributed by atoms with van der Waals surface area (Å²) in [6.45, 7) is 4.64. The Labute approximate surface area is 145 Å². The van der Waals surface area contributed by atoms with E-state index in [1.807, 2.05) is 42.8 Å². The van der Waals surface area contributed by atoms with Crippen LogP contribution in [0.4, 0.5) is 10.5 Å². The zero-order valence-electron chi connectivity index (χ0n) is 14.1. The van der Waals surface area contributed by atoms with Gasteiger partial charge in [-0.2, -0.15) is 0 Å². The largest absolute Gasteiger partial charge is 0.335 e. The third kappa shape index (κ3) is 4.19. The van der Waals surface area contributed by atoms with Gasteiger partial charge >= 0.3 is 6.03 Å². The van der Waals surface area contributed by atoms with E-state index in [2.05, 4.69) is 31.1 Å². The topological polar surface area (TPSA) is 103 Å². The summed E-state index contributed by atoms with van der Waals surface area (Å²) < 4.78 is 3.48. The van der Waals surface area contributed by atoms with Crippen molar-refractivity contribution >= 4 is 11.7 Å². The number of urea groups is 1. The number of nitrogens with one attached hydrogen (secondary N) is 2. The smallest absolute Gasteiger partial charge is 0.319 e. The third-order valence-corrected chi connectivity index (χ3v) is 3.90. The molecule has 0 aliphatic carbocycles. The summed E-state index contributed by atoms with van der Waals surface area (Å²) >= 11 is 0. The summed E-state index contributed by atoms with van der Waals surface area (Å²) in [7, 11) is 0. The summed E-state index contributed by atoms with van der Waals surface area (Å²) in [6, 6.07) is 5.40. The molecule has 130 valence electrons. The molecular formula is C16H20N8O. The molecule has 0 radical (unpaired) electrons. The molecule has 0 saturated carbocycles. The number of carbonyl (C=O) groups excluding carboxylic acids is 1. The Bertz CT molecular complexity index is 813. The second kappa shape index (κ2) is 7.56. The van der Waals surface area contributed by atoms with Crippen LogP contribution in [0, 0.1) is 6.92 Å². The number of tetrazole rings is 1. The van der Waals surface area contributed by atoms with Crippen molar-refractivity contribution in [2.24, 2.45) is 0 Å². The number of amides is 2. The SMILES string of the molecule is CCC(Cn1ccnc1)NC(=O)Nc1cc(-n2cnnn2)ccc1C. The molecule has 2 amide bonds. The Hall–Kier alpha value is -3.23. The number of nitrogens with zero attached hydrogens (tertiary/aromatic N) is 6. The molecule has 9 heteroatoms. The number of aryl methyl sites for hydroxylation is 1. The van der Waals surface area contributed by atoms with Gasteiger partial charge in [0.05, 0.1) is 12.0 Å². The van der Waals surface area contributed by atoms with E-state index in [4.69, 9.17) is 0 Å². The molecular weight excluding hydrogens is 320 g/mol. The first kappa shape index (κ1) is 16.6. The minimum Gasteiger partial charge on any atom is -0.335 e. The standard InChI is InChI=1S/C16H20N8O/c1-3-13(9-23-7-6-17-10-23)19-16(25)20-15-8-14(5-4-12(15)2)24-11-18-21-22-24/h4-8,10-11,13H,3,9H2,1-2H3,(H2,19,20,25). The van der Waals surface area contributed by atoms with Gasteiger partial charge in [0.1, 0.15) is 6.33 Å². The van der Waals surface area contributed by atoms with Crippen molar-refractivity contribution in [1.82, 2.24) is 35.1 Å². The van der Waals surface area contributed by atoms with Gasteiger partial charge in [0.2, 0.25) is 0 Å². The van der Waals surface area contributed by atoms with E-state index < -0.39 is 0 Å². The molecule has 2 aromatic heterocycles. The van der Waals surface area contributed by atoms with Crippen LogP contribution in [0.1, 0.15) is 18.9 Å². The van der Waals surface area contributed by atoms with Gasteiger partial charge in [-0.25, -0.2) is 14.5 Å². The monoisotopic (exact) mass is 340 g/mol. The molecule has 2 N–H and O–H groups in total. The van der Waals surface area contributed by atoms with Gasteiger partial charge in [0.25, 0.3) is 0 Å². The molecule has 0 spiro atoms. The van der Waals surface area contributed by atoms with Gasteiger partial charge in [0.15, 0.2) is 0 Å². The van der Waals surface area contributed by atoms with Crippen LogP contribution >= 0.6 is 0 Å². The van der Waals surface area contributed by atoms with E-state index in [1.165, 1.54) is 11.0 Å². The van der Waals surface area contributed by atoms with Crippen molar-refractivity contribution in [3.63, 3.8) is 0 Å². The Balaban J connectivity index is 1.66. The molecule has 0 saturated heterocycles. The molecule has 25 heavy (non-hydrogen) atoms. The number of aromatic nitrogens is 6. The van der Waals surface area contributed by atoms with Crippen molar-refractivity contribution in [3.8, 4) is 5.69 Å². The average Bonchev–Trinajstić information content (AvgIpc) is 3.29. The molecule has 3 aromatic rings. The predicted octanol–water partition coefficient (Wildman–Crippen LogP) is 1.77. The van der Waals surface area contributed by atoms with Gasteiger partial charge < -0.3 is 15.2 Å². The molecule has 1 unspecified atom stereocenters. The van der Waals surface area contributed by atoms with Crippen LogP contribution < -0.4 is 10.6 Å². The summed E-state index contributed by atoms with van der Waals surface area (Å²) in [5.74, 6) is 0. The minimum absolute atomic E-state index is 0.0113. The van der Waals surface area contributed by atoms with E-state index in [0.717, 1.165) is 17.7 Å². The van der Waals surface area contributed by atoms with E-state index in [9.17, 15) is 4.79 Å². The van der Waals surface area contributed by atoms with E-state index in [0.29, 0.717) is 12.2 Å². The highest BCUT2D eigenvalue weighted by Gasteiger charge is 2.12. The van der Waals surface area contributed by atoms with Crippen LogP contribution in [0.5, 0.6) is 0 Å². The molecule has 1 atom stereocenters. The highest BCUT2D eigenvalue weighted by atomic mass is 16.2. The van der Waals surface area contributed by atoms with Crippen LogP contribution in [0.2, 0.25) is 0 Å². The van der Waals surface area contributed by atoms with Crippen LogP contribution in [0.3, 0.4) is 0 Å². The van der Waals surface area contributed by atoms with Gasteiger partial charge in [-0.1, -0.05) is 13.0 Å². The number of hydrogen-bond donors (Lipinski definition) is 2. The highest BCUT2D eigenvalue weighted by Crippen LogP contribution is 2.18. The lowest BCUT2D eigenvalue weighted by Crippen LogP contribution is -2.40. The van der Waals surface area contributed by atoms with Crippen molar-refractivity contribution in [2.45, 2.75) is 32.9 Å². The van der Waals surface area contributed by atoms with Crippen molar-refractivity contribution < 1.29 is 4.79 Å². The van der Waals surface area contributed by atoms with Crippen LogP contribution in [0.15, 0.2) is 43.2 Å². The van der Waals surface area contributed by atoms with E-state index in [-0.39, 0.29) is 12.1 Å². The summed E-state index contributed by atoms with van der Waals surface area (Å²) in [5.41, 5.74) is 2.44. The Morgan fingerprint density at radius 1 is 1.32 bits per heavy atom. The lowest BCUT2D eigenvalue weighted by molar-refractivity contribution is 0.246. The van der Waals surface area contributed by atoms with Crippen molar-refractivity contribution in [1.29, 1.82) is 0 Å².